The van der Waals surface area contributed by atoms with Gasteiger partial charge in [0.25, 0.3) is 0 Å². The third-order valence-corrected chi connectivity index (χ3v) is 5.05. The molecule has 3 nitrogen and oxygen atoms in total. The zero-order valence-electron chi connectivity index (χ0n) is 12.0. The smallest absolute Gasteiger partial charge is 0.341 e. The minimum absolute atomic E-state index is 0.132. The first-order valence-corrected chi connectivity index (χ1v) is 8.04. The van der Waals surface area contributed by atoms with E-state index in [2.05, 4.69) is 5.32 Å². The molecule has 1 heterocycles. The van der Waals surface area contributed by atoms with Gasteiger partial charge in [0, 0.05) is 5.92 Å². The second-order valence-electron chi connectivity index (χ2n) is 5.74. The van der Waals surface area contributed by atoms with Gasteiger partial charge >= 0.3 is 5.97 Å². The van der Waals surface area contributed by atoms with E-state index in [1.54, 1.807) is 12.1 Å². The van der Waals surface area contributed by atoms with Crippen LogP contribution < -0.4 is 5.32 Å². The van der Waals surface area contributed by atoms with Crippen molar-refractivity contribution in [2.24, 2.45) is 5.92 Å². The summed E-state index contributed by atoms with van der Waals surface area (Å²) in [7, 11) is 0. The maximum Gasteiger partial charge on any atom is 0.341 e. The SMILES string of the molecule is CC(C)(OC(=O)c1c(Cl)ccc(Cl)c1Cl)C1CCNCC1. The number of carbonyl (C=O) groups is 1. The maximum absolute atomic E-state index is 12.4. The van der Waals surface area contributed by atoms with Gasteiger partial charge in [0.2, 0.25) is 0 Å². The molecular formula is C15H18Cl3NO2. The molecule has 2 rings (SSSR count). The number of rotatable bonds is 3. The number of hydrogen-bond acceptors (Lipinski definition) is 3. The van der Waals surface area contributed by atoms with Crippen LogP contribution in [0.15, 0.2) is 12.1 Å². The molecule has 0 unspecified atom stereocenters. The minimum atomic E-state index is -0.575. The van der Waals surface area contributed by atoms with Crippen LogP contribution in [0.1, 0.15) is 37.0 Å². The molecule has 1 aliphatic rings. The fraction of sp³-hybridized carbons (Fsp3) is 0.533. The molecule has 1 N–H and O–H groups in total. The van der Waals surface area contributed by atoms with E-state index < -0.39 is 11.6 Å². The van der Waals surface area contributed by atoms with Gasteiger partial charge in [0.1, 0.15) is 5.60 Å². The van der Waals surface area contributed by atoms with Crippen molar-refractivity contribution in [1.82, 2.24) is 5.32 Å². The Kier molecular flexibility index (Phi) is 5.42. The summed E-state index contributed by atoms with van der Waals surface area (Å²) in [4.78, 5) is 12.4. The lowest BCUT2D eigenvalue weighted by molar-refractivity contribution is -0.0367. The van der Waals surface area contributed by atoms with E-state index in [9.17, 15) is 4.79 Å². The average Bonchev–Trinajstić information content (AvgIpc) is 2.44. The summed E-state index contributed by atoms with van der Waals surface area (Å²) in [6.07, 6.45) is 1.94. The van der Waals surface area contributed by atoms with Crippen LogP contribution in [0.5, 0.6) is 0 Å². The van der Waals surface area contributed by atoms with Gasteiger partial charge in [-0.05, 0) is 51.9 Å². The van der Waals surface area contributed by atoms with Crippen molar-refractivity contribution in [2.75, 3.05) is 13.1 Å². The summed E-state index contributed by atoms with van der Waals surface area (Å²) < 4.78 is 5.69. The number of piperidine rings is 1. The topological polar surface area (TPSA) is 38.3 Å². The number of carbonyl (C=O) groups excluding carboxylic acids is 1. The molecule has 0 amide bonds. The Morgan fingerprint density at radius 2 is 1.76 bits per heavy atom. The largest absolute Gasteiger partial charge is 0.456 e. The molecule has 0 aliphatic carbocycles. The van der Waals surface area contributed by atoms with Crippen LogP contribution in [-0.4, -0.2) is 24.7 Å². The molecule has 0 saturated carbocycles. The van der Waals surface area contributed by atoms with E-state index in [0.717, 1.165) is 25.9 Å². The third-order valence-electron chi connectivity index (χ3n) is 3.93. The van der Waals surface area contributed by atoms with Gasteiger partial charge in [-0.25, -0.2) is 4.79 Å². The van der Waals surface area contributed by atoms with E-state index in [1.807, 2.05) is 13.8 Å². The fourth-order valence-electron chi connectivity index (χ4n) is 2.60. The number of ether oxygens (including phenoxy) is 1. The van der Waals surface area contributed by atoms with Gasteiger partial charge in [-0.1, -0.05) is 34.8 Å². The summed E-state index contributed by atoms with van der Waals surface area (Å²) >= 11 is 18.1. The predicted octanol–water partition coefficient (Wildman–Crippen LogP) is 4.58. The molecule has 6 heteroatoms. The van der Waals surface area contributed by atoms with Crippen molar-refractivity contribution in [3.05, 3.63) is 32.8 Å². The van der Waals surface area contributed by atoms with Crippen LogP contribution in [0.3, 0.4) is 0 Å². The second kappa shape index (κ2) is 6.74. The highest BCUT2D eigenvalue weighted by atomic mass is 35.5. The Hall–Kier alpha value is -0.480. The van der Waals surface area contributed by atoms with Crippen LogP contribution in [0.2, 0.25) is 15.1 Å². The standard InChI is InChI=1S/C15H18Cl3NO2/c1-15(2,9-5-7-19-8-6-9)21-14(20)12-10(16)3-4-11(17)13(12)18/h3-4,9,19H,5-8H2,1-2H3. The number of esters is 1. The minimum Gasteiger partial charge on any atom is -0.456 e. The molecule has 21 heavy (non-hydrogen) atoms. The van der Waals surface area contributed by atoms with Crippen LogP contribution in [0.25, 0.3) is 0 Å². The quantitative estimate of drug-likeness (QED) is 0.640. The lowest BCUT2D eigenvalue weighted by Crippen LogP contribution is -2.42. The molecule has 0 atom stereocenters. The highest BCUT2D eigenvalue weighted by molar-refractivity contribution is 6.46. The van der Waals surface area contributed by atoms with E-state index in [-0.39, 0.29) is 20.6 Å². The van der Waals surface area contributed by atoms with Crippen LogP contribution in [0.4, 0.5) is 0 Å². The predicted molar refractivity (Wildman–Crippen MR) is 86.6 cm³/mol. The third kappa shape index (κ3) is 3.84. The first kappa shape index (κ1) is 16.9. The monoisotopic (exact) mass is 349 g/mol. The number of benzene rings is 1. The molecule has 1 aliphatic heterocycles. The van der Waals surface area contributed by atoms with Crippen molar-refractivity contribution in [1.29, 1.82) is 0 Å². The molecule has 1 fully saturated rings. The van der Waals surface area contributed by atoms with Crippen LogP contribution in [0, 0.1) is 5.92 Å². The molecule has 0 bridgehead atoms. The summed E-state index contributed by atoms with van der Waals surface area (Å²) in [5.74, 6) is -0.226. The average molecular weight is 351 g/mol. The molecule has 0 radical (unpaired) electrons. The van der Waals surface area contributed by atoms with Gasteiger partial charge in [0.15, 0.2) is 0 Å². The normalized spacial score (nSPS) is 16.8. The molecule has 1 aromatic carbocycles. The van der Waals surface area contributed by atoms with E-state index in [0.29, 0.717) is 5.92 Å². The summed E-state index contributed by atoms with van der Waals surface area (Å²) in [6.45, 7) is 5.72. The Bertz CT molecular complexity index is 540. The van der Waals surface area contributed by atoms with Gasteiger partial charge < -0.3 is 10.1 Å². The van der Waals surface area contributed by atoms with Crippen LogP contribution >= 0.6 is 34.8 Å². The molecule has 1 aromatic rings. The molecule has 1 saturated heterocycles. The van der Waals surface area contributed by atoms with Crippen LogP contribution in [-0.2, 0) is 4.74 Å². The Morgan fingerprint density at radius 1 is 1.19 bits per heavy atom. The van der Waals surface area contributed by atoms with Crippen molar-refractivity contribution in [2.45, 2.75) is 32.3 Å². The van der Waals surface area contributed by atoms with Gasteiger partial charge in [0.05, 0.1) is 20.6 Å². The summed E-state index contributed by atoms with van der Waals surface area (Å²) in [5.41, 5.74) is -0.443. The van der Waals surface area contributed by atoms with Crippen molar-refractivity contribution in [3.8, 4) is 0 Å². The van der Waals surface area contributed by atoms with E-state index in [1.165, 1.54) is 0 Å². The first-order valence-electron chi connectivity index (χ1n) is 6.90. The lowest BCUT2D eigenvalue weighted by atomic mass is 9.83. The number of hydrogen-bond donors (Lipinski definition) is 1. The molecule has 116 valence electrons. The van der Waals surface area contributed by atoms with E-state index >= 15 is 0 Å². The van der Waals surface area contributed by atoms with Crippen molar-refractivity contribution in [3.63, 3.8) is 0 Å². The molecule has 0 spiro atoms. The summed E-state index contributed by atoms with van der Waals surface area (Å²) in [5, 5.41) is 3.96. The molecular weight excluding hydrogens is 333 g/mol. The fourth-order valence-corrected chi connectivity index (χ4v) is 3.29. The Morgan fingerprint density at radius 3 is 2.38 bits per heavy atom. The van der Waals surface area contributed by atoms with Gasteiger partial charge in [-0.2, -0.15) is 0 Å². The van der Waals surface area contributed by atoms with Gasteiger partial charge in [-0.15, -0.1) is 0 Å². The van der Waals surface area contributed by atoms with Gasteiger partial charge in [-0.3, -0.25) is 0 Å². The maximum atomic E-state index is 12.4. The highest BCUT2D eigenvalue weighted by Gasteiger charge is 2.35. The second-order valence-corrected chi connectivity index (χ2v) is 6.93. The Labute approximate surface area is 139 Å². The van der Waals surface area contributed by atoms with Crippen molar-refractivity contribution >= 4 is 40.8 Å². The summed E-state index contributed by atoms with van der Waals surface area (Å²) in [6, 6.07) is 3.10. The highest BCUT2D eigenvalue weighted by Crippen LogP contribution is 2.35. The zero-order chi connectivity index (χ0) is 15.6. The number of halogens is 3. The van der Waals surface area contributed by atoms with E-state index in [4.69, 9.17) is 39.5 Å². The number of nitrogens with one attached hydrogen (secondary N) is 1. The molecule has 0 aromatic heterocycles. The lowest BCUT2D eigenvalue weighted by Gasteiger charge is -2.36. The first-order chi connectivity index (χ1) is 9.83. The van der Waals surface area contributed by atoms with Crippen molar-refractivity contribution < 1.29 is 9.53 Å². The zero-order valence-corrected chi connectivity index (χ0v) is 14.3. The Balaban J connectivity index is 2.19.